The van der Waals surface area contributed by atoms with Gasteiger partial charge in [-0.2, -0.15) is 0 Å². The van der Waals surface area contributed by atoms with E-state index in [1.54, 1.807) is 26.2 Å². The van der Waals surface area contributed by atoms with E-state index in [4.69, 9.17) is 20.8 Å². The van der Waals surface area contributed by atoms with Crippen LogP contribution in [0.5, 0.6) is 5.75 Å². The molecule has 3 aromatic rings. The van der Waals surface area contributed by atoms with Crippen LogP contribution in [-0.2, 0) is 0 Å². The van der Waals surface area contributed by atoms with Crippen LogP contribution in [0.4, 0.5) is 0 Å². The highest BCUT2D eigenvalue weighted by molar-refractivity contribution is 9.10. The number of hydrogen-bond acceptors (Lipinski definition) is 3. The van der Waals surface area contributed by atoms with E-state index in [1.165, 1.54) is 0 Å². The molecular formula is C17H12BrClO3. The van der Waals surface area contributed by atoms with E-state index in [1.807, 2.05) is 24.3 Å². The molecule has 0 bridgehead atoms. The molecule has 112 valence electrons. The quantitative estimate of drug-likeness (QED) is 0.615. The average molecular weight is 380 g/mol. The smallest absolute Gasteiger partial charge is 0.196 e. The first-order chi connectivity index (χ1) is 10.5. The van der Waals surface area contributed by atoms with E-state index in [9.17, 15) is 4.79 Å². The topological polar surface area (TPSA) is 39.4 Å². The second-order valence-corrected chi connectivity index (χ2v) is 6.17. The normalized spacial score (nSPS) is 10.9. The fourth-order valence-electron chi connectivity index (χ4n) is 2.33. The van der Waals surface area contributed by atoms with E-state index in [0.29, 0.717) is 31.8 Å². The summed E-state index contributed by atoms with van der Waals surface area (Å²) in [4.78, 5) is 12.6. The van der Waals surface area contributed by atoms with Gasteiger partial charge >= 0.3 is 0 Å². The fourth-order valence-corrected chi connectivity index (χ4v) is 3.23. The zero-order valence-electron chi connectivity index (χ0n) is 11.9. The van der Waals surface area contributed by atoms with Gasteiger partial charge in [-0.25, -0.2) is 0 Å². The van der Waals surface area contributed by atoms with Gasteiger partial charge in [0.1, 0.15) is 11.5 Å². The van der Waals surface area contributed by atoms with Crippen LogP contribution >= 0.6 is 27.5 Å². The minimum absolute atomic E-state index is 0.0877. The number of benzene rings is 2. The first-order valence-corrected chi connectivity index (χ1v) is 7.75. The molecule has 3 rings (SSSR count). The van der Waals surface area contributed by atoms with Gasteiger partial charge in [-0.15, -0.1) is 0 Å². The highest BCUT2D eigenvalue weighted by Gasteiger charge is 2.15. The number of halogens is 2. The molecule has 0 spiro atoms. The number of rotatable bonds is 2. The minimum atomic E-state index is -0.0877. The van der Waals surface area contributed by atoms with Crippen molar-refractivity contribution in [3.05, 3.63) is 61.7 Å². The zero-order valence-corrected chi connectivity index (χ0v) is 14.3. The van der Waals surface area contributed by atoms with Crippen molar-refractivity contribution in [1.82, 2.24) is 0 Å². The van der Waals surface area contributed by atoms with E-state index in [-0.39, 0.29) is 5.43 Å². The van der Waals surface area contributed by atoms with Crippen molar-refractivity contribution in [2.45, 2.75) is 6.92 Å². The monoisotopic (exact) mass is 378 g/mol. The third-order valence-electron chi connectivity index (χ3n) is 3.49. The van der Waals surface area contributed by atoms with Gasteiger partial charge in [0.05, 0.1) is 17.0 Å². The van der Waals surface area contributed by atoms with Gasteiger partial charge in [0.15, 0.2) is 11.0 Å². The van der Waals surface area contributed by atoms with Gasteiger partial charge in [0, 0.05) is 16.1 Å². The summed E-state index contributed by atoms with van der Waals surface area (Å²) < 4.78 is 11.8. The Balaban J connectivity index is 2.30. The van der Waals surface area contributed by atoms with Gasteiger partial charge in [-0.05, 0) is 59.3 Å². The second kappa shape index (κ2) is 5.78. The molecule has 1 heterocycles. The Kier molecular flexibility index (Phi) is 3.98. The average Bonchev–Trinajstić information content (AvgIpc) is 2.51. The molecule has 22 heavy (non-hydrogen) atoms. The molecule has 0 unspecified atom stereocenters. The van der Waals surface area contributed by atoms with E-state index < -0.39 is 0 Å². The summed E-state index contributed by atoms with van der Waals surface area (Å²) in [5.41, 5.74) is 1.77. The summed E-state index contributed by atoms with van der Waals surface area (Å²) in [7, 11) is 1.61. The van der Waals surface area contributed by atoms with Crippen LogP contribution in [-0.4, -0.2) is 7.11 Å². The Morgan fingerprint density at radius 1 is 1.18 bits per heavy atom. The summed E-state index contributed by atoms with van der Waals surface area (Å²) in [6.07, 6.45) is 0. The summed E-state index contributed by atoms with van der Waals surface area (Å²) in [5.74, 6) is 1.29. The van der Waals surface area contributed by atoms with Crippen LogP contribution in [0.2, 0.25) is 5.02 Å². The van der Waals surface area contributed by atoms with Gasteiger partial charge in [-0.3, -0.25) is 4.79 Å². The molecule has 0 saturated heterocycles. The standard InChI is InChI=1S/C17H12BrClO3/c1-9-15(20)13-7-11(19)8-14(18)17(13)22-16(9)10-3-5-12(21-2)6-4-10/h3-8H,1-2H3. The fraction of sp³-hybridized carbons (Fsp3) is 0.118. The van der Waals surface area contributed by atoms with E-state index >= 15 is 0 Å². The molecule has 0 aliphatic heterocycles. The van der Waals surface area contributed by atoms with Gasteiger partial charge in [0.2, 0.25) is 0 Å². The largest absolute Gasteiger partial charge is 0.497 e. The predicted molar refractivity (Wildman–Crippen MR) is 91.9 cm³/mol. The molecule has 3 nitrogen and oxygen atoms in total. The molecule has 0 atom stereocenters. The summed E-state index contributed by atoms with van der Waals surface area (Å²) in [6.45, 7) is 1.75. The van der Waals surface area contributed by atoms with Crippen LogP contribution in [0.1, 0.15) is 5.56 Å². The van der Waals surface area contributed by atoms with E-state index in [0.717, 1.165) is 11.3 Å². The number of fused-ring (bicyclic) bond motifs is 1. The summed E-state index contributed by atoms with van der Waals surface area (Å²) in [6, 6.07) is 10.7. The lowest BCUT2D eigenvalue weighted by Gasteiger charge is -2.09. The van der Waals surface area contributed by atoms with Crippen molar-refractivity contribution in [3.8, 4) is 17.1 Å². The summed E-state index contributed by atoms with van der Waals surface area (Å²) >= 11 is 9.41. The SMILES string of the molecule is COc1ccc(-c2oc3c(Br)cc(Cl)cc3c(=O)c2C)cc1. The van der Waals surface area contributed by atoms with Crippen LogP contribution < -0.4 is 10.2 Å². The Morgan fingerprint density at radius 3 is 2.50 bits per heavy atom. The maximum absolute atomic E-state index is 12.6. The third-order valence-corrected chi connectivity index (χ3v) is 4.30. The van der Waals surface area contributed by atoms with E-state index in [2.05, 4.69) is 15.9 Å². The maximum Gasteiger partial charge on any atom is 0.196 e. The highest BCUT2D eigenvalue weighted by Crippen LogP contribution is 2.32. The molecule has 0 aliphatic rings. The molecule has 0 fully saturated rings. The Hall–Kier alpha value is -1.78. The second-order valence-electron chi connectivity index (χ2n) is 4.88. The Labute approximate surface area is 140 Å². The predicted octanol–water partition coefficient (Wildman–Crippen LogP) is 5.19. The van der Waals surface area contributed by atoms with Crippen LogP contribution in [0.3, 0.4) is 0 Å². The molecule has 0 radical (unpaired) electrons. The first-order valence-electron chi connectivity index (χ1n) is 6.58. The van der Waals surface area contributed by atoms with Crippen molar-refractivity contribution in [3.63, 3.8) is 0 Å². The van der Waals surface area contributed by atoms with Crippen molar-refractivity contribution >= 4 is 38.5 Å². The van der Waals surface area contributed by atoms with Gasteiger partial charge in [-0.1, -0.05) is 11.6 Å². The molecular weight excluding hydrogens is 368 g/mol. The van der Waals surface area contributed by atoms with Crippen LogP contribution in [0.15, 0.2) is 50.1 Å². The lowest BCUT2D eigenvalue weighted by Crippen LogP contribution is -2.07. The number of methoxy groups -OCH3 is 1. The maximum atomic E-state index is 12.6. The van der Waals surface area contributed by atoms with Crippen LogP contribution in [0.25, 0.3) is 22.3 Å². The Bertz CT molecular complexity index is 914. The van der Waals surface area contributed by atoms with Gasteiger partial charge < -0.3 is 9.15 Å². The Morgan fingerprint density at radius 2 is 1.86 bits per heavy atom. The van der Waals surface area contributed by atoms with Gasteiger partial charge in [0.25, 0.3) is 0 Å². The molecule has 0 amide bonds. The van der Waals surface area contributed by atoms with Crippen molar-refractivity contribution in [1.29, 1.82) is 0 Å². The van der Waals surface area contributed by atoms with Crippen molar-refractivity contribution in [2.75, 3.05) is 7.11 Å². The molecule has 0 aliphatic carbocycles. The summed E-state index contributed by atoms with van der Waals surface area (Å²) in [5, 5.41) is 0.956. The molecule has 0 saturated carbocycles. The molecule has 1 aromatic heterocycles. The van der Waals surface area contributed by atoms with Crippen LogP contribution in [0, 0.1) is 6.92 Å². The molecule has 5 heteroatoms. The lowest BCUT2D eigenvalue weighted by atomic mass is 10.1. The number of ether oxygens (including phenoxy) is 1. The van der Waals surface area contributed by atoms with Crippen molar-refractivity contribution in [2.24, 2.45) is 0 Å². The minimum Gasteiger partial charge on any atom is -0.497 e. The lowest BCUT2D eigenvalue weighted by molar-refractivity contribution is 0.415. The molecule has 0 N–H and O–H groups in total. The molecule has 2 aromatic carbocycles. The zero-order chi connectivity index (χ0) is 15.9. The first kappa shape index (κ1) is 15.1. The highest BCUT2D eigenvalue weighted by atomic mass is 79.9. The third kappa shape index (κ3) is 2.53. The number of hydrogen-bond donors (Lipinski definition) is 0. The van der Waals surface area contributed by atoms with Crippen molar-refractivity contribution < 1.29 is 9.15 Å².